The maximum Gasteiger partial charge on any atom is 0.255 e. The molecule has 0 aromatic heterocycles. The summed E-state index contributed by atoms with van der Waals surface area (Å²) in [7, 11) is 0. The molecule has 6 aromatic rings. The third kappa shape index (κ3) is 11.4. The second-order valence-electron chi connectivity index (χ2n) is 13.4. The molecule has 6 aromatic carbocycles. The van der Waals surface area contributed by atoms with E-state index < -0.39 is 17.7 Å². The van der Waals surface area contributed by atoms with Gasteiger partial charge >= 0.3 is 0 Å². The normalized spacial score (nSPS) is 10.9. The molecule has 0 radical (unpaired) electrons. The second kappa shape index (κ2) is 19.7. The average Bonchev–Trinajstić information content (AvgIpc) is 3.26. The van der Waals surface area contributed by atoms with Gasteiger partial charge in [-0.2, -0.15) is 0 Å². The molecule has 0 fully saturated rings. The average molecular weight is 797 g/mol. The summed E-state index contributed by atoms with van der Waals surface area (Å²) in [5.41, 5.74) is 3.68. The Morgan fingerprint density at radius 3 is 0.983 bits per heavy atom. The predicted molar refractivity (Wildman–Crippen MR) is 236 cm³/mol. The first kappa shape index (κ1) is 41.3. The van der Waals surface area contributed by atoms with Crippen LogP contribution in [0.2, 0.25) is 0 Å². The Balaban J connectivity index is 1.24. The summed E-state index contributed by atoms with van der Waals surface area (Å²) in [5, 5.41) is 16.8. The fraction of sp³-hybridized carbons (Fsp3) is 0.0417. The number of benzene rings is 6. The number of rotatable bonds is 13. The molecule has 0 bridgehead atoms. The zero-order valence-electron chi connectivity index (χ0n) is 32.6. The number of carbonyl (C=O) groups excluding carboxylic acids is 6. The van der Waals surface area contributed by atoms with Crippen molar-refractivity contribution in [3.8, 4) is 0 Å². The number of carbonyl (C=O) groups is 6. The van der Waals surface area contributed by atoms with Crippen LogP contribution in [0.1, 0.15) is 65.6 Å². The Morgan fingerprint density at radius 1 is 0.367 bits per heavy atom. The van der Waals surface area contributed by atoms with Gasteiger partial charge in [-0.3, -0.25) is 28.8 Å². The zero-order valence-corrected chi connectivity index (χ0v) is 32.6. The van der Waals surface area contributed by atoms with Gasteiger partial charge in [0.25, 0.3) is 35.4 Å². The first-order chi connectivity index (χ1) is 29.0. The van der Waals surface area contributed by atoms with Crippen LogP contribution < -0.4 is 31.9 Å². The molecule has 0 saturated carbocycles. The molecule has 12 heteroatoms. The molecule has 0 aliphatic heterocycles. The largest absolute Gasteiger partial charge is 0.322 e. The Kier molecular flexibility index (Phi) is 13.5. The van der Waals surface area contributed by atoms with Crippen molar-refractivity contribution < 1.29 is 28.8 Å². The van der Waals surface area contributed by atoms with E-state index in [2.05, 4.69) is 31.9 Å². The molecule has 0 atom stereocenters. The first-order valence-electron chi connectivity index (χ1n) is 18.8. The molecule has 60 heavy (non-hydrogen) atoms. The third-order valence-electron chi connectivity index (χ3n) is 8.82. The van der Waals surface area contributed by atoms with Crippen molar-refractivity contribution in [1.82, 2.24) is 0 Å². The predicted octanol–water partition coefficient (Wildman–Crippen LogP) is 9.41. The minimum absolute atomic E-state index is 0.0138. The van der Waals surface area contributed by atoms with Gasteiger partial charge in [-0.25, -0.2) is 0 Å². The Labute approximate surface area is 346 Å². The topological polar surface area (TPSA) is 175 Å². The maximum atomic E-state index is 13.8. The standard InChI is InChI=1S/C48H40N6O6/c1-3-4-14-31(2)43(55)49-37-19-11-22-40(28-37)52-46(58)34-25-35(47(59)53-41-23-12-20-38(29-41)50-44(56)32-15-7-5-8-16-32)27-36(26-34)48(60)54-42-24-13-21-39(30-42)51-45(57)33-17-9-6-10-18-33/h3-30H,1-2H3,(H,49,55)(H,50,56)(H,51,57)(H,52,58)(H,53,59)(H,54,60)/b4-3-,31-14+. The Morgan fingerprint density at radius 2 is 0.667 bits per heavy atom. The number of nitrogens with one attached hydrogen (secondary N) is 6. The summed E-state index contributed by atoms with van der Waals surface area (Å²) in [6, 6.07) is 41.0. The van der Waals surface area contributed by atoms with Crippen LogP contribution in [-0.4, -0.2) is 35.4 Å². The van der Waals surface area contributed by atoms with Crippen molar-refractivity contribution in [1.29, 1.82) is 0 Å². The van der Waals surface area contributed by atoms with Crippen LogP contribution in [-0.2, 0) is 4.79 Å². The van der Waals surface area contributed by atoms with Crippen LogP contribution in [0, 0.1) is 0 Å². The van der Waals surface area contributed by atoms with Crippen molar-refractivity contribution in [2.24, 2.45) is 0 Å². The van der Waals surface area contributed by atoms with E-state index in [1.807, 2.05) is 6.92 Å². The molecule has 0 heterocycles. The molecule has 0 saturated heterocycles. The SMILES string of the molecule is C/C=C\C=C(/C)C(=O)Nc1cccc(NC(=O)c2cc(C(=O)Nc3cccc(NC(=O)c4ccccc4)c3)cc(C(=O)Nc3cccc(NC(=O)c4ccccc4)c3)c2)c1. The molecule has 0 unspecified atom stereocenters. The summed E-state index contributed by atoms with van der Waals surface area (Å²) >= 11 is 0. The van der Waals surface area contributed by atoms with E-state index in [1.165, 1.54) is 18.2 Å². The molecular formula is C48H40N6O6. The molecule has 6 N–H and O–H groups in total. The fourth-order valence-corrected chi connectivity index (χ4v) is 5.79. The van der Waals surface area contributed by atoms with Gasteiger partial charge in [0.2, 0.25) is 0 Å². The minimum Gasteiger partial charge on any atom is -0.322 e. The zero-order chi connectivity index (χ0) is 42.4. The van der Waals surface area contributed by atoms with Crippen LogP contribution in [0.25, 0.3) is 0 Å². The van der Waals surface area contributed by atoms with E-state index >= 15 is 0 Å². The third-order valence-corrected chi connectivity index (χ3v) is 8.82. The minimum atomic E-state index is -0.637. The van der Waals surface area contributed by atoms with Crippen LogP contribution in [0.5, 0.6) is 0 Å². The highest BCUT2D eigenvalue weighted by Crippen LogP contribution is 2.23. The van der Waals surface area contributed by atoms with Crippen molar-refractivity contribution in [3.63, 3.8) is 0 Å². The van der Waals surface area contributed by atoms with Crippen molar-refractivity contribution in [2.45, 2.75) is 13.8 Å². The molecule has 6 rings (SSSR count). The number of allylic oxidation sites excluding steroid dienone is 3. The van der Waals surface area contributed by atoms with E-state index in [0.29, 0.717) is 50.8 Å². The van der Waals surface area contributed by atoms with Crippen LogP contribution >= 0.6 is 0 Å². The lowest BCUT2D eigenvalue weighted by molar-refractivity contribution is -0.112. The summed E-state index contributed by atoms with van der Waals surface area (Å²) < 4.78 is 0. The van der Waals surface area contributed by atoms with E-state index in [-0.39, 0.29) is 34.4 Å². The maximum absolute atomic E-state index is 13.8. The van der Waals surface area contributed by atoms with E-state index in [9.17, 15) is 28.8 Å². The van der Waals surface area contributed by atoms with Crippen molar-refractivity contribution in [3.05, 3.63) is 203 Å². The molecule has 0 aliphatic rings. The number of amides is 6. The quantitative estimate of drug-likeness (QED) is 0.0502. The van der Waals surface area contributed by atoms with E-state index in [1.54, 1.807) is 159 Å². The lowest BCUT2D eigenvalue weighted by Gasteiger charge is -2.13. The van der Waals surface area contributed by atoms with Gasteiger partial charge < -0.3 is 31.9 Å². The Bertz CT molecular complexity index is 2510. The molecule has 298 valence electrons. The molecule has 0 aliphatic carbocycles. The van der Waals surface area contributed by atoms with Gasteiger partial charge in [0.1, 0.15) is 0 Å². The van der Waals surface area contributed by atoms with Gasteiger partial charge in [0.05, 0.1) is 0 Å². The van der Waals surface area contributed by atoms with Gasteiger partial charge in [0, 0.05) is 67.5 Å². The van der Waals surface area contributed by atoms with Crippen LogP contribution in [0.3, 0.4) is 0 Å². The number of hydrogen-bond acceptors (Lipinski definition) is 6. The molecule has 12 nitrogen and oxygen atoms in total. The molecular weight excluding hydrogens is 757 g/mol. The van der Waals surface area contributed by atoms with Crippen LogP contribution in [0.15, 0.2) is 175 Å². The summed E-state index contributed by atoms with van der Waals surface area (Å²) in [5.74, 6) is -2.89. The lowest BCUT2D eigenvalue weighted by Crippen LogP contribution is -2.20. The fourth-order valence-electron chi connectivity index (χ4n) is 5.79. The van der Waals surface area contributed by atoms with Gasteiger partial charge in [-0.05, 0) is 111 Å². The molecule has 0 spiro atoms. The van der Waals surface area contributed by atoms with Gasteiger partial charge in [-0.15, -0.1) is 0 Å². The number of anilines is 6. The Hall–Kier alpha value is -8.38. The van der Waals surface area contributed by atoms with E-state index in [0.717, 1.165) is 0 Å². The highest BCUT2D eigenvalue weighted by molar-refractivity contribution is 6.14. The highest BCUT2D eigenvalue weighted by atomic mass is 16.2. The summed E-state index contributed by atoms with van der Waals surface area (Å²) in [4.78, 5) is 79.7. The van der Waals surface area contributed by atoms with Crippen molar-refractivity contribution in [2.75, 3.05) is 31.9 Å². The smallest absolute Gasteiger partial charge is 0.255 e. The first-order valence-corrected chi connectivity index (χ1v) is 18.8. The summed E-state index contributed by atoms with van der Waals surface area (Å²) in [6.45, 7) is 3.52. The van der Waals surface area contributed by atoms with Gasteiger partial charge in [-0.1, -0.05) is 72.8 Å². The monoisotopic (exact) mass is 796 g/mol. The van der Waals surface area contributed by atoms with Crippen molar-refractivity contribution >= 4 is 69.6 Å². The molecule has 6 amide bonds. The summed E-state index contributed by atoms with van der Waals surface area (Å²) in [6.07, 6.45) is 5.24. The van der Waals surface area contributed by atoms with Crippen LogP contribution in [0.4, 0.5) is 34.1 Å². The number of hydrogen-bond donors (Lipinski definition) is 6. The lowest BCUT2D eigenvalue weighted by atomic mass is 10.0. The second-order valence-corrected chi connectivity index (χ2v) is 13.4. The van der Waals surface area contributed by atoms with Gasteiger partial charge in [0.15, 0.2) is 0 Å². The highest BCUT2D eigenvalue weighted by Gasteiger charge is 2.19. The van der Waals surface area contributed by atoms with E-state index in [4.69, 9.17) is 0 Å².